The van der Waals surface area contributed by atoms with Gasteiger partial charge in [-0.15, -0.1) is 10.2 Å². The zero-order valence-corrected chi connectivity index (χ0v) is 17.4. The quantitative estimate of drug-likeness (QED) is 0.567. The number of rotatable bonds is 7. The molecule has 3 rings (SSSR count). The lowest BCUT2D eigenvalue weighted by Gasteiger charge is -2.25. The third kappa shape index (κ3) is 4.68. The summed E-state index contributed by atoms with van der Waals surface area (Å²) in [5.41, 5.74) is 1.09. The van der Waals surface area contributed by atoms with Crippen LogP contribution >= 0.6 is 11.6 Å². The van der Waals surface area contributed by atoms with Crippen molar-refractivity contribution in [3.63, 3.8) is 0 Å². The average molecular weight is 416 g/mol. The van der Waals surface area contributed by atoms with E-state index in [1.807, 2.05) is 26.0 Å². The molecule has 0 atom stereocenters. The molecule has 0 unspecified atom stereocenters. The first-order valence-electron chi connectivity index (χ1n) is 9.04. The first-order valence-corrected chi connectivity index (χ1v) is 9.42. The Kier molecular flexibility index (Phi) is 6.39. The van der Waals surface area contributed by atoms with E-state index in [0.717, 1.165) is 0 Å². The number of hydrogen-bond acceptors (Lipinski definition) is 6. The number of carbonyl (C=O) groups excluding carboxylic acids is 1. The van der Waals surface area contributed by atoms with Crippen LogP contribution in [0.3, 0.4) is 0 Å². The Morgan fingerprint density at radius 2 is 1.76 bits per heavy atom. The van der Waals surface area contributed by atoms with Crippen molar-refractivity contribution in [3.8, 4) is 23.0 Å². The molecular formula is C21H22ClN3O4. The predicted octanol–water partition coefficient (Wildman–Crippen LogP) is 4.46. The zero-order valence-electron chi connectivity index (χ0n) is 16.7. The summed E-state index contributed by atoms with van der Waals surface area (Å²) in [6.45, 7) is 3.99. The molecule has 1 aromatic heterocycles. The lowest BCUT2D eigenvalue weighted by molar-refractivity contribution is 0.0671. The fourth-order valence-corrected chi connectivity index (χ4v) is 3.01. The van der Waals surface area contributed by atoms with Gasteiger partial charge in [0.25, 0.3) is 5.91 Å². The van der Waals surface area contributed by atoms with Gasteiger partial charge in [0.15, 0.2) is 0 Å². The number of aromatic nitrogens is 2. The summed E-state index contributed by atoms with van der Waals surface area (Å²) in [5, 5.41) is 8.66. The number of halogens is 1. The number of hydrogen-bond donors (Lipinski definition) is 0. The molecular weight excluding hydrogens is 394 g/mol. The summed E-state index contributed by atoms with van der Waals surface area (Å²) in [6, 6.07) is 12.2. The Morgan fingerprint density at radius 3 is 2.34 bits per heavy atom. The molecule has 8 heteroatoms. The highest BCUT2D eigenvalue weighted by molar-refractivity contribution is 6.33. The Hall–Kier alpha value is -3.06. The molecule has 0 spiro atoms. The van der Waals surface area contributed by atoms with Crippen molar-refractivity contribution in [2.75, 3.05) is 14.2 Å². The van der Waals surface area contributed by atoms with Crippen LogP contribution in [0, 0.1) is 0 Å². The molecule has 1 heterocycles. The topological polar surface area (TPSA) is 77.7 Å². The van der Waals surface area contributed by atoms with Crippen molar-refractivity contribution in [2.24, 2.45) is 0 Å². The maximum absolute atomic E-state index is 13.2. The predicted molar refractivity (Wildman–Crippen MR) is 109 cm³/mol. The fraction of sp³-hybridized carbons (Fsp3) is 0.286. The molecule has 0 aliphatic rings. The van der Waals surface area contributed by atoms with Crippen molar-refractivity contribution < 1.29 is 18.7 Å². The van der Waals surface area contributed by atoms with Gasteiger partial charge in [-0.3, -0.25) is 4.79 Å². The second-order valence-electron chi connectivity index (χ2n) is 6.61. The average Bonchev–Trinajstić information content (AvgIpc) is 3.19. The Balaban J connectivity index is 1.86. The van der Waals surface area contributed by atoms with Crippen LogP contribution in [0.2, 0.25) is 5.02 Å². The number of ether oxygens (including phenoxy) is 2. The SMILES string of the molecule is COc1cc(OC)cc(C(=O)N(Cc2nnc(-c3ccccc3Cl)o2)C(C)C)c1. The van der Waals surface area contributed by atoms with Crippen molar-refractivity contribution in [1.29, 1.82) is 0 Å². The van der Waals surface area contributed by atoms with Crippen molar-refractivity contribution in [2.45, 2.75) is 26.4 Å². The van der Waals surface area contributed by atoms with Crippen LogP contribution in [-0.2, 0) is 6.54 Å². The second kappa shape index (κ2) is 8.96. The van der Waals surface area contributed by atoms with E-state index in [1.54, 1.807) is 35.2 Å². The van der Waals surface area contributed by atoms with Crippen molar-refractivity contribution >= 4 is 17.5 Å². The molecule has 0 saturated carbocycles. The highest BCUT2D eigenvalue weighted by atomic mass is 35.5. The van der Waals surface area contributed by atoms with Crippen LogP contribution in [-0.4, -0.2) is 41.3 Å². The van der Waals surface area contributed by atoms with E-state index in [4.69, 9.17) is 25.5 Å². The third-order valence-electron chi connectivity index (χ3n) is 4.36. The maximum atomic E-state index is 13.2. The largest absolute Gasteiger partial charge is 0.497 e. The minimum Gasteiger partial charge on any atom is -0.497 e. The highest BCUT2D eigenvalue weighted by Crippen LogP contribution is 2.27. The molecule has 2 aromatic carbocycles. The highest BCUT2D eigenvalue weighted by Gasteiger charge is 2.23. The summed E-state index contributed by atoms with van der Waals surface area (Å²) < 4.78 is 16.3. The normalized spacial score (nSPS) is 10.8. The Morgan fingerprint density at radius 1 is 1.10 bits per heavy atom. The van der Waals surface area contributed by atoms with Gasteiger partial charge in [0.1, 0.15) is 11.5 Å². The third-order valence-corrected chi connectivity index (χ3v) is 4.69. The van der Waals surface area contributed by atoms with Gasteiger partial charge < -0.3 is 18.8 Å². The zero-order chi connectivity index (χ0) is 21.0. The fourth-order valence-electron chi connectivity index (χ4n) is 2.79. The van der Waals surface area contributed by atoms with Gasteiger partial charge in [-0.2, -0.15) is 0 Å². The molecule has 0 N–H and O–H groups in total. The first kappa shape index (κ1) is 20.7. The molecule has 152 valence electrons. The van der Waals surface area contributed by atoms with E-state index in [2.05, 4.69) is 10.2 Å². The second-order valence-corrected chi connectivity index (χ2v) is 7.02. The van der Waals surface area contributed by atoms with Crippen molar-refractivity contribution in [1.82, 2.24) is 15.1 Å². The Labute approximate surface area is 174 Å². The minimum atomic E-state index is -0.199. The van der Waals surface area contributed by atoms with Gasteiger partial charge in [-0.25, -0.2) is 0 Å². The van der Waals surface area contributed by atoms with Crippen LogP contribution in [0.25, 0.3) is 11.5 Å². The van der Waals surface area contributed by atoms with Gasteiger partial charge >= 0.3 is 0 Å². The van der Waals surface area contributed by atoms with Gasteiger partial charge in [0.05, 0.1) is 31.4 Å². The molecule has 1 amide bonds. The van der Waals surface area contributed by atoms with Gasteiger partial charge in [0, 0.05) is 17.7 Å². The number of amides is 1. The molecule has 0 aliphatic heterocycles. The molecule has 7 nitrogen and oxygen atoms in total. The number of benzene rings is 2. The van der Waals surface area contributed by atoms with Crippen LogP contribution in [0.15, 0.2) is 46.9 Å². The van der Waals surface area contributed by atoms with Crippen LogP contribution in [0.4, 0.5) is 0 Å². The molecule has 0 fully saturated rings. The van der Waals surface area contributed by atoms with Crippen LogP contribution in [0.1, 0.15) is 30.1 Å². The first-order chi connectivity index (χ1) is 13.9. The molecule has 3 aromatic rings. The van der Waals surface area contributed by atoms with E-state index < -0.39 is 0 Å². The van der Waals surface area contributed by atoms with E-state index in [-0.39, 0.29) is 18.5 Å². The summed E-state index contributed by atoms with van der Waals surface area (Å²) >= 11 is 6.20. The van der Waals surface area contributed by atoms with Gasteiger partial charge in [-0.05, 0) is 38.1 Å². The van der Waals surface area contributed by atoms with E-state index in [0.29, 0.717) is 39.4 Å². The summed E-state index contributed by atoms with van der Waals surface area (Å²) in [4.78, 5) is 14.8. The molecule has 0 radical (unpaired) electrons. The maximum Gasteiger partial charge on any atom is 0.254 e. The monoisotopic (exact) mass is 415 g/mol. The molecule has 0 aliphatic carbocycles. The molecule has 29 heavy (non-hydrogen) atoms. The Bertz CT molecular complexity index is 981. The van der Waals surface area contributed by atoms with Crippen LogP contribution in [0.5, 0.6) is 11.5 Å². The van der Waals surface area contributed by atoms with Crippen molar-refractivity contribution in [3.05, 3.63) is 58.9 Å². The van der Waals surface area contributed by atoms with Gasteiger partial charge in [0.2, 0.25) is 11.8 Å². The minimum absolute atomic E-state index is 0.102. The van der Waals surface area contributed by atoms with E-state index >= 15 is 0 Å². The molecule has 0 saturated heterocycles. The lowest BCUT2D eigenvalue weighted by Crippen LogP contribution is -2.36. The standard InChI is InChI=1S/C21H22ClN3O4/c1-13(2)25(21(26)14-9-15(27-3)11-16(10-14)28-4)12-19-23-24-20(29-19)17-7-5-6-8-18(17)22/h5-11,13H,12H2,1-4H3. The van der Waals surface area contributed by atoms with E-state index in [9.17, 15) is 4.79 Å². The summed E-state index contributed by atoms with van der Waals surface area (Å²) in [6.07, 6.45) is 0. The summed E-state index contributed by atoms with van der Waals surface area (Å²) in [7, 11) is 3.08. The number of carbonyl (C=O) groups is 1. The van der Waals surface area contributed by atoms with E-state index in [1.165, 1.54) is 14.2 Å². The van der Waals surface area contributed by atoms with Crippen LogP contribution < -0.4 is 9.47 Å². The lowest BCUT2D eigenvalue weighted by atomic mass is 10.1. The summed E-state index contributed by atoms with van der Waals surface area (Å²) in [5.74, 6) is 1.50. The smallest absolute Gasteiger partial charge is 0.254 e. The molecule has 0 bridgehead atoms. The number of methoxy groups -OCH3 is 2. The van der Waals surface area contributed by atoms with Gasteiger partial charge in [-0.1, -0.05) is 23.7 Å². The number of nitrogens with zero attached hydrogens (tertiary/aromatic N) is 3.